The van der Waals surface area contributed by atoms with E-state index in [1.165, 1.54) is 13.3 Å². The molecule has 0 atom stereocenters. The summed E-state index contributed by atoms with van der Waals surface area (Å²) >= 11 is 5.96. The van der Waals surface area contributed by atoms with Gasteiger partial charge in [-0.1, -0.05) is 11.6 Å². The number of methoxy groups -OCH3 is 1. The van der Waals surface area contributed by atoms with E-state index in [2.05, 4.69) is 15.3 Å². The number of benzene rings is 1. The first-order valence-electron chi connectivity index (χ1n) is 6.08. The van der Waals surface area contributed by atoms with Gasteiger partial charge < -0.3 is 14.9 Å². The van der Waals surface area contributed by atoms with E-state index >= 15 is 0 Å². The van der Waals surface area contributed by atoms with Crippen molar-refractivity contribution in [2.24, 2.45) is 10.8 Å². The first-order valence-corrected chi connectivity index (χ1v) is 6.45. The molecule has 2 amide bonds. The Morgan fingerprint density at radius 2 is 2.14 bits per heavy atom. The van der Waals surface area contributed by atoms with Gasteiger partial charge in [0.1, 0.15) is 11.5 Å². The second kappa shape index (κ2) is 6.77. The van der Waals surface area contributed by atoms with Crippen molar-refractivity contribution in [3.63, 3.8) is 0 Å². The van der Waals surface area contributed by atoms with Crippen molar-refractivity contribution in [2.45, 2.75) is 0 Å². The fourth-order valence-corrected chi connectivity index (χ4v) is 1.88. The van der Waals surface area contributed by atoms with Crippen molar-refractivity contribution in [1.29, 1.82) is 0 Å². The molecule has 1 aromatic carbocycles. The van der Waals surface area contributed by atoms with E-state index in [9.17, 15) is 9.59 Å². The molecule has 22 heavy (non-hydrogen) atoms. The van der Waals surface area contributed by atoms with Gasteiger partial charge in [-0.3, -0.25) is 0 Å². The molecular formula is C14H12ClN3O4. The van der Waals surface area contributed by atoms with Crippen LogP contribution in [0.1, 0.15) is 16.1 Å². The minimum atomic E-state index is -0.775. The number of furan rings is 1. The minimum absolute atomic E-state index is 0.240. The maximum atomic E-state index is 11.6. The number of amides is 2. The number of nitrogens with zero attached hydrogens (tertiary/aromatic N) is 1. The molecule has 1 aromatic heterocycles. The smallest absolute Gasteiger partial charge is 0.339 e. The Hall–Kier alpha value is -2.80. The maximum Gasteiger partial charge on any atom is 0.339 e. The number of carbonyl (C=O) groups excluding carboxylic acids is 2. The number of halogens is 1. The molecule has 2 rings (SSSR count). The maximum absolute atomic E-state index is 11.6. The molecule has 0 fully saturated rings. The summed E-state index contributed by atoms with van der Waals surface area (Å²) in [7, 11) is 1.28. The summed E-state index contributed by atoms with van der Waals surface area (Å²) < 4.78 is 10.2. The average molecular weight is 322 g/mol. The predicted octanol–water partition coefficient (Wildman–Crippen LogP) is 2.39. The van der Waals surface area contributed by atoms with Gasteiger partial charge in [0.25, 0.3) is 0 Å². The molecule has 0 radical (unpaired) electrons. The van der Waals surface area contributed by atoms with E-state index < -0.39 is 12.0 Å². The number of ether oxygens (including phenoxy) is 1. The third kappa shape index (κ3) is 3.64. The molecule has 114 valence electrons. The SMILES string of the molecule is COC(=O)c1cc(-c2ccc(/C=N\NC(N)=O)o2)ccc1Cl. The summed E-state index contributed by atoms with van der Waals surface area (Å²) in [6.07, 6.45) is 1.30. The van der Waals surface area contributed by atoms with E-state index in [4.69, 9.17) is 21.8 Å². The van der Waals surface area contributed by atoms with Crippen molar-refractivity contribution >= 4 is 29.8 Å². The number of urea groups is 1. The third-order valence-electron chi connectivity index (χ3n) is 2.65. The van der Waals surface area contributed by atoms with Gasteiger partial charge in [0, 0.05) is 5.56 Å². The third-order valence-corrected chi connectivity index (χ3v) is 2.98. The number of carbonyl (C=O) groups is 2. The lowest BCUT2D eigenvalue weighted by atomic mass is 10.1. The Kier molecular flexibility index (Phi) is 4.80. The zero-order valence-electron chi connectivity index (χ0n) is 11.5. The predicted molar refractivity (Wildman–Crippen MR) is 80.8 cm³/mol. The molecule has 0 unspecified atom stereocenters. The van der Waals surface area contributed by atoms with Crippen LogP contribution < -0.4 is 11.2 Å². The number of esters is 1. The van der Waals surface area contributed by atoms with Crippen LogP contribution in [0.3, 0.4) is 0 Å². The molecule has 0 aliphatic heterocycles. The number of primary amides is 1. The highest BCUT2D eigenvalue weighted by molar-refractivity contribution is 6.33. The van der Waals surface area contributed by atoms with Crippen LogP contribution in [0.15, 0.2) is 39.9 Å². The monoisotopic (exact) mass is 321 g/mol. The van der Waals surface area contributed by atoms with Crippen LogP contribution in [0.2, 0.25) is 5.02 Å². The van der Waals surface area contributed by atoms with E-state index in [0.29, 0.717) is 17.1 Å². The molecule has 0 aliphatic carbocycles. The van der Waals surface area contributed by atoms with Crippen LogP contribution >= 0.6 is 11.6 Å². The standard InChI is InChI=1S/C14H12ClN3O4/c1-21-13(19)10-6-8(2-4-11(10)15)12-5-3-9(22-12)7-17-18-14(16)20/h2-7H,1H3,(H3,16,18,20)/b17-7-. The normalized spacial score (nSPS) is 10.6. The van der Waals surface area contributed by atoms with Crippen LogP contribution in [0, 0.1) is 0 Å². The average Bonchev–Trinajstić information content (AvgIpc) is 2.95. The van der Waals surface area contributed by atoms with Gasteiger partial charge >= 0.3 is 12.0 Å². The molecule has 0 saturated heterocycles. The van der Waals surface area contributed by atoms with E-state index in [1.54, 1.807) is 30.3 Å². The summed E-state index contributed by atoms with van der Waals surface area (Å²) in [6, 6.07) is 7.41. The Balaban J connectivity index is 2.26. The van der Waals surface area contributed by atoms with E-state index in [0.717, 1.165) is 0 Å². The summed E-state index contributed by atoms with van der Waals surface area (Å²) in [5, 5.41) is 3.87. The van der Waals surface area contributed by atoms with Gasteiger partial charge in [-0.25, -0.2) is 15.0 Å². The van der Waals surface area contributed by atoms with Crippen molar-refractivity contribution in [1.82, 2.24) is 5.43 Å². The zero-order valence-corrected chi connectivity index (χ0v) is 12.3. The van der Waals surface area contributed by atoms with Crippen molar-refractivity contribution in [3.8, 4) is 11.3 Å². The zero-order chi connectivity index (χ0) is 16.1. The minimum Gasteiger partial charge on any atom is -0.465 e. The fraction of sp³-hybridized carbons (Fsp3) is 0.0714. The molecule has 3 N–H and O–H groups in total. The second-order valence-corrected chi connectivity index (χ2v) is 4.53. The Bertz CT molecular complexity index is 739. The number of hydrogen-bond donors (Lipinski definition) is 2. The quantitative estimate of drug-likeness (QED) is 0.512. The van der Waals surface area contributed by atoms with Crippen LogP contribution in [0.25, 0.3) is 11.3 Å². The number of nitrogens with one attached hydrogen (secondary N) is 1. The highest BCUT2D eigenvalue weighted by Crippen LogP contribution is 2.27. The molecule has 7 nitrogen and oxygen atoms in total. The van der Waals surface area contributed by atoms with Crippen LogP contribution in [-0.2, 0) is 4.74 Å². The van der Waals surface area contributed by atoms with Crippen molar-refractivity contribution in [2.75, 3.05) is 7.11 Å². The van der Waals surface area contributed by atoms with Crippen molar-refractivity contribution < 1.29 is 18.7 Å². The number of nitrogens with two attached hydrogens (primary N) is 1. The molecule has 0 spiro atoms. The lowest BCUT2D eigenvalue weighted by Gasteiger charge is -2.04. The van der Waals surface area contributed by atoms with Gasteiger partial charge in [-0.05, 0) is 30.3 Å². The highest BCUT2D eigenvalue weighted by atomic mass is 35.5. The molecule has 0 aliphatic rings. The van der Waals surface area contributed by atoms with Crippen LogP contribution in [-0.4, -0.2) is 25.3 Å². The Morgan fingerprint density at radius 1 is 1.36 bits per heavy atom. The summed E-state index contributed by atoms with van der Waals surface area (Å²) in [6.45, 7) is 0. The van der Waals surface area contributed by atoms with Gasteiger partial charge in [0.05, 0.1) is 23.9 Å². The van der Waals surface area contributed by atoms with Crippen LogP contribution in [0.5, 0.6) is 0 Å². The summed E-state index contributed by atoms with van der Waals surface area (Å²) in [5.41, 5.74) is 7.81. The lowest BCUT2D eigenvalue weighted by Crippen LogP contribution is -2.24. The Morgan fingerprint density at radius 3 is 2.82 bits per heavy atom. The summed E-state index contributed by atoms with van der Waals surface area (Å²) in [4.78, 5) is 22.1. The van der Waals surface area contributed by atoms with Gasteiger partial charge in [-0.15, -0.1) is 0 Å². The van der Waals surface area contributed by atoms with Gasteiger partial charge in [0.2, 0.25) is 0 Å². The first kappa shape index (κ1) is 15.6. The number of hydrogen-bond acceptors (Lipinski definition) is 5. The second-order valence-electron chi connectivity index (χ2n) is 4.12. The molecule has 0 saturated carbocycles. The highest BCUT2D eigenvalue weighted by Gasteiger charge is 2.13. The number of rotatable bonds is 4. The van der Waals surface area contributed by atoms with Crippen molar-refractivity contribution in [3.05, 3.63) is 46.7 Å². The van der Waals surface area contributed by atoms with Crippen LogP contribution in [0.4, 0.5) is 4.79 Å². The Labute approximate surface area is 130 Å². The van der Waals surface area contributed by atoms with Gasteiger partial charge in [0.15, 0.2) is 0 Å². The lowest BCUT2D eigenvalue weighted by molar-refractivity contribution is 0.0601. The summed E-state index contributed by atoms with van der Waals surface area (Å²) in [5.74, 6) is 0.367. The topological polar surface area (TPSA) is 107 Å². The first-order chi connectivity index (χ1) is 10.5. The largest absolute Gasteiger partial charge is 0.465 e. The van der Waals surface area contributed by atoms with E-state index in [-0.39, 0.29) is 10.6 Å². The molecular weight excluding hydrogens is 310 g/mol. The molecule has 0 bridgehead atoms. The van der Waals surface area contributed by atoms with Gasteiger partial charge in [-0.2, -0.15) is 5.10 Å². The number of hydrazone groups is 1. The molecule has 8 heteroatoms. The molecule has 2 aromatic rings. The van der Waals surface area contributed by atoms with E-state index in [1.807, 2.05) is 0 Å². The molecule has 1 heterocycles. The fourth-order valence-electron chi connectivity index (χ4n) is 1.68.